The van der Waals surface area contributed by atoms with Gasteiger partial charge in [0.15, 0.2) is 0 Å². The Labute approximate surface area is 107 Å². The molecule has 1 aliphatic carbocycles. The molecule has 4 heteroatoms. The maximum absolute atomic E-state index is 11.6. The summed E-state index contributed by atoms with van der Waals surface area (Å²) in [6.07, 6.45) is 2.22. The Morgan fingerprint density at radius 2 is 2.22 bits per heavy atom. The van der Waals surface area contributed by atoms with E-state index in [0.717, 1.165) is 24.2 Å². The molecule has 0 amide bonds. The zero-order valence-electron chi connectivity index (χ0n) is 11.1. The SMILES string of the molecule is CNC1(CC(=O)OC)CCc2ccc(OC)cc21. The van der Waals surface area contributed by atoms with Crippen molar-refractivity contribution in [3.8, 4) is 5.75 Å². The molecule has 18 heavy (non-hydrogen) atoms. The van der Waals surface area contributed by atoms with Gasteiger partial charge in [-0.15, -0.1) is 0 Å². The first kappa shape index (κ1) is 12.9. The Bertz CT molecular complexity index is 458. The molecule has 0 bridgehead atoms. The predicted octanol–water partition coefficient (Wildman–Crippen LogP) is 1.62. The Morgan fingerprint density at radius 3 is 2.83 bits per heavy atom. The lowest BCUT2D eigenvalue weighted by molar-refractivity contribution is -0.142. The van der Waals surface area contributed by atoms with Gasteiger partial charge in [0.05, 0.1) is 26.2 Å². The third-order valence-corrected chi connectivity index (χ3v) is 3.81. The van der Waals surface area contributed by atoms with E-state index >= 15 is 0 Å². The van der Waals surface area contributed by atoms with Crippen LogP contribution < -0.4 is 10.1 Å². The minimum absolute atomic E-state index is 0.194. The van der Waals surface area contributed by atoms with Crippen LogP contribution in [0, 0.1) is 0 Å². The van der Waals surface area contributed by atoms with Gasteiger partial charge in [0.1, 0.15) is 5.75 Å². The van der Waals surface area contributed by atoms with Crippen LogP contribution in [0.3, 0.4) is 0 Å². The molecule has 1 aromatic rings. The monoisotopic (exact) mass is 249 g/mol. The topological polar surface area (TPSA) is 47.6 Å². The van der Waals surface area contributed by atoms with Crippen molar-refractivity contribution in [3.05, 3.63) is 29.3 Å². The summed E-state index contributed by atoms with van der Waals surface area (Å²) in [7, 11) is 4.96. The maximum atomic E-state index is 11.6. The largest absolute Gasteiger partial charge is 0.497 e. The molecule has 0 heterocycles. The van der Waals surface area contributed by atoms with Crippen molar-refractivity contribution >= 4 is 5.97 Å². The number of aryl methyl sites for hydroxylation is 1. The van der Waals surface area contributed by atoms with Crippen LogP contribution in [0.2, 0.25) is 0 Å². The van der Waals surface area contributed by atoms with Gasteiger partial charge in [0.2, 0.25) is 0 Å². The minimum Gasteiger partial charge on any atom is -0.497 e. The zero-order valence-corrected chi connectivity index (χ0v) is 11.1. The summed E-state index contributed by atoms with van der Waals surface area (Å²) in [4.78, 5) is 11.6. The number of carbonyl (C=O) groups is 1. The number of rotatable bonds is 4. The van der Waals surface area contributed by atoms with Crippen LogP contribution >= 0.6 is 0 Å². The van der Waals surface area contributed by atoms with Gasteiger partial charge in [-0.2, -0.15) is 0 Å². The van der Waals surface area contributed by atoms with Crippen molar-refractivity contribution in [1.29, 1.82) is 0 Å². The third kappa shape index (κ3) is 2.08. The molecule has 4 nitrogen and oxygen atoms in total. The second-order valence-corrected chi connectivity index (χ2v) is 4.61. The van der Waals surface area contributed by atoms with E-state index in [1.165, 1.54) is 12.7 Å². The normalized spacial score (nSPS) is 21.5. The molecule has 0 fully saturated rings. The molecule has 0 spiro atoms. The van der Waals surface area contributed by atoms with E-state index in [4.69, 9.17) is 9.47 Å². The fourth-order valence-electron chi connectivity index (χ4n) is 2.68. The van der Waals surface area contributed by atoms with Gasteiger partial charge < -0.3 is 14.8 Å². The lowest BCUT2D eigenvalue weighted by atomic mass is 9.88. The van der Waals surface area contributed by atoms with Crippen molar-refractivity contribution in [2.75, 3.05) is 21.3 Å². The number of fused-ring (bicyclic) bond motifs is 1. The third-order valence-electron chi connectivity index (χ3n) is 3.81. The number of benzene rings is 1. The summed E-state index contributed by atoms with van der Waals surface area (Å²) >= 11 is 0. The molecule has 0 aromatic heterocycles. The van der Waals surface area contributed by atoms with Crippen LogP contribution in [0.5, 0.6) is 5.75 Å². The number of esters is 1. The molecule has 0 saturated heterocycles. The predicted molar refractivity (Wildman–Crippen MR) is 68.7 cm³/mol. The highest BCUT2D eigenvalue weighted by Crippen LogP contribution is 2.41. The van der Waals surface area contributed by atoms with Crippen LogP contribution in [-0.2, 0) is 21.5 Å². The molecule has 0 saturated carbocycles. The van der Waals surface area contributed by atoms with Crippen LogP contribution in [0.25, 0.3) is 0 Å². The molecule has 1 N–H and O–H groups in total. The van der Waals surface area contributed by atoms with Gasteiger partial charge in [-0.3, -0.25) is 4.79 Å². The van der Waals surface area contributed by atoms with E-state index in [1.54, 1.807) is 7.11 Å². The van der Waals surface area contributed by atoms with Crippen LogP contribution in [0.15, 0.2) is 18.2 Å². The summed E-state index contributed by atoms with van der Waals surface area (Å²) in [6.45, 7) is 0. The zero-order chi connectivity index (χ0) is 13.2. The summed E-state index contributed by atoms with van der Waals surface area (Å²) in [5.41, 5.74) is 2.10. The average Bonchev–Trinajstić information content (AvgIpc) is 2.77. The maximum Gasteiger partial charge on any atom is 0.307 e. The van der Waals surface area contributed by atoms with Gasteiger partial charge in [0, 0.05) is 0 Å². The van der Waals surface area contributed by atoms with Crippen molar-refractivity contribution < 1.29 is 14.3 Å². The van der Waals surface area contributed by atoms with Gasteiger partial charge in [0.25, 0.3) is 0 Å². The molecule has 0 aliphatic heterocycles. The Morgan fingerprint density at radius 1 is 1.44 bits per heavy atom. The van der Waals surface area contributed by atoms with E-state index in [-0.39, 0.29) is 11.5 Å². The van der Waals surface area contributed by atoms with Gasteiger partial charge in [-0.1, -0.05) is 6.07 Å². The van der Waals surface area contributed by atoms with Crippen molar-refractivity contribution in [1.82, 2.24) is 5.32 Å². The highest BCUT2D eigenvalue weighted by molar-refractivity contribution is 5.72. The Balaban J connectivity index is 2.39. The Kier molecular flexibility index (Phi) is 3.57. The molecular weight excluding hydrogens is 230 g/mol. The van der Waals surface area contributed by atoms with E-state index < -0.39 is 0 Å². The van der Waals surface area contributed by atoms with Crippen molar-refractivity contribution in [2.45, 2.75) is 24.8 Å². The molecule has 0 radical (unpaired) electrons. The number of hydrogen-bond acceptors (Lipinski definition) is 4. The molecule has 2 rings (SSSR count). The molecule has 1 atom stereocenters. The van der Waals surface area contributed by atoms with Crippen LogP contribution in [-0.4, -0.2) is 27.2 Å². The summed E-state index contributed by atoms with van der Waals surface area (Å²) in [5, 5.41) is 3.29. The summed E-state index contributed by atoms with van der Waals surface area (Å²) < 4.78 is 10.1. The minimum atomic E-state index is -0.322. The second kappa shape index (κ2) is 4.98. The fraction of sp³-hybridized carbons (Fsp3) is 0.500. The lowest BCUT2D eigenvalue weighted by Crippen LogP contribution is -2.40. The van der Waals surface area contributed by atoms with Crippen molar-refractivity contribution in [2.24, 2.45) is 0 Å². The summed E-state index contributed by atoms with van der Waals surface area (Å²) in [6, 6.07) is 6.05. The first-order valence-electron chi connectivity index (χ1n) is 6.08. The summed E-state index contributed by atoms with van der Waals surface area (Å²) in [5.74, 6) is 0.625. The van der Waals surface area contributed by atoms with E-state index in [1.807, 2.05) is 19.2 Å². The van der Waals surface area contributed by atoms with Gasteiger partial charge in [-0.25, -0.2) is 0 Å². The van der Waals surface area contributed by atoms with E-state index in [0.29, 0.717) is 6.42 Å². The highest BCUT2D eigenvalue weighted by atomic mass is 16.5. The molecule has 1 unspecified atom stereocenters. The van der Waals surface area contributed by atoms with Crippen molar-refractivity contribution in [3.63, 3.8) is 0 Å². The average molecular weight is 249 g/mol. The Hall–Kier alpha value is -1.55. The van der Waals surface area contributed by atoms with E-state index in [9.17, 15) is 4.79 Å². The number of methoxy groups -OCH3 is 2. The number of hydrogen-bond donors (Lipinski definition) is 1. The highest BCUT2D eigenvalue weighted by Gasteiger charge is 2.39. The van der Waals surface area contributed by atoms with Gasteiger partial charge in [-0.05, 0) is 43.1 Å². The standard InChI is InChI=1S/C14H19NO3/c1-15-14(9-13(16)18-3)7-6-10-4-5-11(17-2)8-12(10)14/h4-5,8,15H,6-7,9H2,1-3H3. The first-order chi connectivity index (χ1) is 8.65. The first-order valence-corrected chi connectivity index (χ1v) is 6.08. The fourth-order valence-corrected chi connectivity index (χ4v) is 2.68. The lowest BCUT2D eigenvalue weighted by Gasteiger charge is -2.29. The van der Waals surface area contributed by atoms with Crippen LogP contribution in [0.1, 0.15) is 24.0 Å². The molecule has 1 aliphatic rings. The second-order valence-electron chi connectivity index (χ2n) is 4.61. The number of ether oxygens (including phenoxy) is 2. The number of nitrogens with one attached hydrogen (secondary N) is 1. The van der Waals surface area contributed by atoms with Crippen LogP contribution in [0.4, 0.5) is 0 Å². The number of carbonyl (C=O) groups excluding carboxylic acids is 1. The van der Waals surface area contributed by atoms with Gasteiger partial charge >= 0.3 is 5.97 Å². The van der Waals surface area contributed by atoms with E-state index in [2.05, 4.69) is 11.4 Å². The molecule has 98 valence electrons. The molecular formula is C14H19NO3. The smallest absolute Gasteiger partial charge is 0.307 e. The molecule has 1 aromatic carbocycles. The quantitative estimate of drug-likeness (QED) is 0.824.